The number of likely N-dealkylation sites (tertiary alicyclic amines) is 1. The lowest BCUT2D eigenvalue weighted by atomic mass is 9.97. The fourth-order valence-electron chi connectivity index (χ4n) is 5.98. The van der Waals surface area contributed by atoms with E-state index in [1.807, 2.05) is 52.9 Å². The van der Waals surface area contributed by atoms with Gasteiger partial charge in [0.05, 0.1) is 49.8 Å². The van der Waals surface area contributed by atoms with Crippen molar-refractivity contribution in [3.05, 3.63) is 76.6 Å². The summed E-state index contributed by atoms with van der Waals surface area (Å²) < 4.78 is 28.3. The van der Waals surface area contributed by atoms with E-state index < -0.39 is 0 Å². The van der Waals surface area contributed by atoms with E-state index in [0.717, 1.165) is 59.3 Å². The minimum Gasteiger partial charge on any atom is -0.495 e. The Bertz CT molecular complexity index is 1390. The number of carbonyl (C=O) groups excluding carboxylic acids is 1. The number of aryl methyl sites for hydroxylation is 2. The van der Waals surface area contributed by atoms with Crippen molar-refractivity contribution in [2.75, 3.05) is 44.9 Å². The predicted molar refractivity (Wildman–Crippen MR) is 144 cm³/mol. The Kier molecular flexibility index (Phi) is 6.66. The van der Waals surface area contributed by atoms with Crippen LogP contribution in [0.5, 0.6) is 5.75 Å². The zero-order valence-electron chi connectivity index (χ0n) is 22.0. The number of hydrogen-bond acceptors (Lipinski definition) is 5. The highest BCUT2D eigenvalue weighted by Crippen LogP contribution is 2.41. The zero-order valence-corrected chi connectivity index (χ0v) is 22.0. The van der Waals surface area contributed by atoms with Gasteiger partial charge in [-0.25, -0.2) is 9.37 Å². The van der Waals surface area contributed by atoms with Crippen LogP contribution < -0.4 is 9.64 Å². The first kappa shape index (κ1) is 24.7. The number of methoxy groups -OCH3 is 1. The van der Waals surface area contributed by atoms with Gasteiger partial charge in [0.1, 0.15) is 11.6 Å². The second-order valence-corrected chi connectivity index (χ2v) is 10.3. The van der Waals surface area contributed by atoms with Crippen molar-refractivity contribution in [1.29, 1.82) is 0 Å². The van der Waals surface area contributed by atoms with Gasteiger partial charge < -0.3 is 23.8 Å². The van der Waals surface area contributed by atoms with Gasteiger partial charge >= 0.3 is 0 Å². The summed E-state index contributed by atoms with van der Waals surface area (Å²) in [5.74, 6) is 0.547. The maximum absolute atomic E-state index is 15.2. The summed E-state index contributed by atoms with van der Waals surface area (Å²) in [5, 5.41) is 0. The minimum absolute atomic E-state index is 0.0417. The number of ether oxygens (including phenoxy) is 2. The number of halogens is 1. The molecule has 0 N–H and O–H groups in total. The summed E-state index contributed by atoms with van der Waals surface area (Å²) in [6.07, 6.45) is 8.98. The van der Waals surface area contributed by atoms with E-state index in [9.17, 15) is 4.79 Å². The second-order valence-electron chi connectivity index (χ2n) is 10.3. The molecule has 2 fully saturated rings. The van der Waals surface area contributed by atoms with Crippen LogP contribution in [-0.4, -0.2) is 60.3 Å². The molecule has 0 unspecified atom stereocenters. The smallest absolute Gasteiger partial charge is 0.250 e. The van der Waals surface area contributed by atoms with Crippen molar-refractivity contribution in [2.24, 2.45) is 0 Å². The van der Waals surface area contributed by atoms with Gasteiger partial charge in [-0.05, 0) is 79.6 Å². The van der Waals surface area contributed by atoms with Gasteiger partial charge in [-0.15, -0.1) is 0 Å². The monoisotopic (exact) mass is 516 g/mol. The number of fused-ring (bicyclic) bond motifs is 1. The lowest BCUT2D eigenvalue weighted by molar-refractivity contribution is -0.131. The van der Waals surface area contributed by atoms with E-state index in [1.165, 1.54) is 0 Å². The molecule has 38 heavy (non-hydrogen) atoms. The van der Waals surface area contributed by atoms with Gasteiger partial charge in [0, 0.05) is 31.4 Å². The first-order chi connectivity index (χ1) is 18.5. The Morgan fingerprint density at radius 1 is 1.11 bits per heavy atom. The van der Waals surface area contributed by atoms with Crippen LogP contribution in [0.3, 0.4) is 0 Å². The van der Waals surface area contributed by atoms with Crippen molar-refractivity contribution >= 4 is 17.7 Å². The number of rotatable bonds is 5. The summed E-state index contributed by atoms with van der Waals surface area (Å²) in [5.41, 5.74) is 6.28. The Hall–Kier alpha value is -3.65. The Labute approximate surface area is 222 Å². The number of piperidine rings is 1. The summed E-state index contributed by atoms with van der Waals surface area (Å²) in [7, 11) is 1.65. The number of hydrogen-bond donors (Lipinski definition) is 0. The average Bonchev–Trinajstić information content (AvgIpc) is 3.55. The lowest BCUT2D eigenvalue weighted by Crippen LogP contribution is -2.39. The molecule has 0 saturated carbocycles. The number of nitrogens with zero attached hydrogens (tertiary/aromatic N) is 4. The van der Waals surface area contributed by atoms with Crippen molar-refractivity contribution < 1.29 is 18.7 Å². The van der Waals surface area contributed by atoms with Gasteiger partial charge in [-0.2, -0.15) is 0 Å². The molecule has 2 aromatic carbocycles. The number of amides is 1. The highest BCUT2D eigenvalue weighted by atomic mass is 19.1. The Balaban J connectivity index is 1.24. The summed E-state index contributed by atoms with van der Waals surface area (Å²) in [6, 6.07) is 9.52. The van der Waals surface area contributed by atoms with Crippen LogP contribution in [0.4, 0.5) is 10.1 Å². The quantitative estimate of drug-likeness (QED) is 0.454. The van der Waals surface area contributed by atoms with E-state index in [2.05, 4.69) is 9.88 Å². The normalized spacial score (nSPS) is 20.8. The standard InChI is InChI=1S/C30H33FN4O3/c1-20-18-34(19-32-20)27-7-5-21(15-29(27)37-2)14-23-4-3-9-35(30(23)36)26-8-6-22-16-28(25(31)17-24(22)26)33-10-12-38-13-11-33/h5,7,14-19,26H,3-4,6,8-13H2,1-2H3/t26-/m1/s1. The molecule has 3 aliphatic rings. The van der Waals surface area contributed by atoms with Gasteiger partial charge in [0.15, 0.2) is 0 Å². The number of carbonyl (C=O) groups is 1. The van der Waals surface area contributed by atoms with E-state index in [1.54, 1.807) is 19.5 Å². The van der Waals surface area contributed by atoms with Gasteiger partial charge in [0.2, 0.25) is 5.91 Å². The molecule has 3 aromatic rings. The van der Waals surface area contributed by atoms with E-state index in [4.69, 9.17) is 9.47 Å². The largest absolute Gasteiger partial charge is 0.495 e. The molecule has 1 aromatic heterocycles. The second kappa shape index (κ2) is 10.3. The van der Waals surface area contributed by atoms with Crippen LogP contribution in [0, 0.1) is 12.7 Å². The van der Waals surface area contributed by atoms with Crippen LogP contribution in [0.15, 0.2) is 48.4 Å². The molecule has 1 aliphatic carbocycles. The lowest BCUT2D eigenvalue weighted by Gasteiger charge is -2.34. The maximum atomic E-state index is 15.2. The minimum atomic E-state index is -0.210. The summed E-state index contributed by atoms with van der Waals surface area (Å²) >= 11 is 0. The third-order valence-electron chi connectivity index (χ3n) is 7.90. The van der Waals surface area contributed by atoms with E-state index in [0.29, 0.717) is 44.3 Å². The van der Waals surface area contributed by atoms with Crippen LogP contribution in [-0.2, 0) is 16.0 Å². The van der Waals surface area contributed by atoms with Crippen LogP contribution in [0.25, 0.3) is 11.8 Å². The highest BCUT2D eigenvalue weighted by Gasteiger charge is 2.35. The number of morpholine rings is 1. The van der Waals surface area contributed by atoms with Gasteiger partial charge in [-0.1, -0.05) is 6.07 Å². The van der Waals surface area contributed by atoms with Crippen LogP contribution >= 0.6 is 0 Å². The molecule has 6 rings (SSSR count). The number of imidazole rings is 1. The van der Waals surface area contributed by atoms with Crippen LogP contribution in [0.2, 0.25) is 0 Å². The van der Waals surface area contributed by atoms with Crippen molar-refractivity contribution in [2.45, 2.75) is 38.6 Å². The molecule has 3 heterocycles. The molecule has 8 heteroatoms. The van der Waals surface area contributed by atoms with E-state index >= 15 is 4.39 Å². The molecule has 7 nitrogen and oxygen atoms in total. The topological polar surface area (TPSA) is 59.8 Å². The number of anilines is 1. The SMILES string of the molecule is COc1cc(C=C2CCCN([C@@H]3CCc4cc(N5CCOCC5)c(F)cc43)C2=O)ccc1-n1cnc(C)c1. The predicted octanol–water partition coefficient (Wildman–Crippen LogP) is 4.86. The van der Waals surface area contributed by atoms with Gasteiger partial charge in [-0.3, -0.25) is 4.79 Å². The number of benzene rings is 2. The molecule has 0 spiro atoms. The number of aromatic nitrogens is 2. The first-order valence-electron chi connectivity index (χ1n) is 13.4. The highest BCUT2D eigenvalue weighted by molar-refractivity contribution is 5.99. The third kappa shape index (κ3) is 4.58. The molecular weight excluding hydrogens is 483 g/mol. The summed E-state index contributed by atoms with van der Waals surface area (Å²) in [6.45, 7) is 5.28. The van der Waals surface area contributed by atoms with E-state index in [-0.39, 0.29) is 17.8 Å². The molecule has 1 atom stereocenters. The molecule has 0 radical (unpaired) electrons. The van der Waals surface area contributed by atoms with Gasteiger partial charge in [0.25, 0.3) is 0 Å². The zero-order chi connectivity index (χ0) is 26.2. The molecule has 198 valence electrons. The fraction of sp³-hybridized carbons (Fsp3) is 0.400. The Morgan fingerprint density at radius 3 is 2.71 bits per heavy atom. The first-order valence-corrected chi connectivity index (χ1v) is 13.4. The maximum Gasteiger partial charge on any atom is 0.250 e. The molecule has 2 aliphatic heterocycles. The van der Waals surface area contributed by atoms with Crippen molar-refractivity contribution in [3.8, 4) is 11.4 Å². The molecule has 1 amide bonds. The Morgan fingerprint density at radius 2 is 1.95 bits per heavy atom. The van der Waals surface area contributed by atoms with Crippen molar-refractivity contribution in [1.82, 2.24) is 14.5 Å². The third-order valence-corrected chi connectivity index (χ3v) is 7.90. The average molecular weight is 517 g/mol. The van der Waals surface area contributed by atoms with Crippen LogP contribution in [0.1, 0.15) is 47.7 Å². The molecule has 0 bridgehead atoms. The van der Waals surface area contributed by atoms with Crippen molar-refractivity contribution in [3.63, 3.8) is 0 Å². The molecular formula is C30H33FN4O3. The molecule has 2 saturated heterocycles. The fourth-order valence-corrected chi connectivity index (χ4v) is 5.98. The summed E-state index contributed by atoms with van der Waals surface area (Å²) in [4.78, 5) is 22.0.